The standard InChI is InChI=1S/C14H23FN2O4S/c15-22(19,20)13-8-14(18)17(10-13)11-3-5-16(6-4-11)9-12-2-1-7-21-12/h11-13H,1-10H2. The van der Waals surface area contributed by atoms with Crippen LogP contribution in [0.25, 0.3) is 0 Å². The SMILES string of the molecule is O=C1CC(S(=O)(=O)F)CN1C1CCN(CC2CCCO2)CC1. The molecule has 0 bridgehead atoms. The molecule has 3 aliphatic rings. The maximum atomic E-state index is 13.1. The number of piperidine rings is 1. The van der Waals surface area contributed by atoms with Crippen LogP contribution in [0.2, 0.25) is 0 Å². The molecule has 0 N–H and O–H groups in total. The zero-order valence-electron chi connectivity index (χ0n) is 12.6. The number of likely N-dealkylation sites (tertiary alicyclic amines) is 2. The summed E-state index contributed by atoms with van der Waals surface area (Å²) in [6, 6.07) is 0.0417. The lowest BCUT2D eigenvalue weighted by molar-refractivity contribution is -0.130. The van der Waals surface area contributed by atoms with Crippen molar-refractivity contribution in [1.82, 2.24) is 9.80 Å². The van der Waals surface area contributed by atoms with E-state index in [0.717, 1.165) is 51.9 Å². The summed E-state index contributed by atoms with van der Waals surface area (Å²) in [7, 11) is -4.62. The Labute approximate surface area is 130 Å². The van der Waals surface area contributed by atoms with Gasteiger partial charge in [-0.15, -0.1) is 3.89 Å². The van der Waals surface area contributed by atoms with Crippen LogP contribution in [-0.2, 0) is 19.8 Å². The van der Waals surface area contributed by atoms with Gasteiger partial charge in [0.1, 0.15) is 5.25 Å². The normalized spacial score (nSPS) is 32.0. The van der Waals surface area contributed by atoms with Gasteiger partial charge in [-0.2, -0.15) is 8.42 Å². The summed E-state index contributed by atoms with van der Waals surface area (Å²) < 4.78 is 40.7. The Balaban J connectivity index is 1.50. The van der Waals surface area contributed by atoms with Gasteiger partial charge in [0.15, 0.2) is 0 Å². The molecule has 22 heavy (non-hydrogen) atoms. The van der Waals surface area contributed by atoms with Crippen molar-refractivity contribution in [2.75, 3.05) is 32.8 Å². The number of carbonyl (C=O) groups is 1. The largest absolute Gasteiger partial charge is 0.377 e. The molecule has 2 atom stereocenters. The maximum absolute atomic E-state index is 13.1. The van der Waals surface area contributed by atoms with E-state index in [0.29, 0.717) is 6.10 Å². The third-order valence-corrected chi connectivity index (χ3v) is 6.12. The number of carbonyl (C=O) groups excluding carboxylic acids is 1. The molecule has 0 aromatic heterocycles. The number of hydrogen-bond acceptors (Lipinski definition) is 5. The monoisotopic (exact) mass is 334 g/mol. The third-order valence-electron chi connectivity index (χ3n) is 5.00. The first-order valence-corrected chi connectivity index (χ1v) is 9.45. The molecule has 6 nitrogen and oxygen atoms in total. The Morgan fingerprint density at radius 1 is 1.23 bits per heavy atom. The quantitative estimate of drug-likeness (QED) is 0.702. The summed E-state index contributed by atoms with van der Waals surface area (Å²) >= 11 is 0. The fourth-order valence-electron chi connectivity index (χ4n) is 3.73. The highest BCUT2D eigenvalue weighted by Crippen LogP contribution is 2.26. The molecule has 126 valence electrons. The molecule has 3 aliphatic heterocycles. The maximum Gasteiger partial charge on any atom is 0.307 e. The molecule has 0 radical (unpaired) electrons. The molecule has 1 amide bonds. The van der Waals surface area contributed by atoms with Crippen LogP contribution in [0.4, 0.5) is 3.89 Å². The highest BCUT2D eigenvalue weighted by molar-refractivity contribution is 7.87. The molecule has 0 aromatic rings. The van der Waals surface area contributed by atoms with E-state index >= 15 is 0 Å². The van der Waals surface area contributed by atoms with E-state index in [2.05, 4.69) is 4.90 Å². The van der Waals surface area contributed by atoms with Crippen LogP contribution in [0.5, 0.6) is 0 Å². The molecule has 3 saturated heterocycles. The fraction of sp³-hybridized carbons (Fsp3) is 0.929. The molecule has 3 heterocycles. The summed E-state index contributed by atoms with van der Waals surface area (Å²) in [6.07, 6.45) is 3.98. The smallest absolute Gasteiger partial charge is 0.307 e. The molecule has 3 rings (SSSR count). The fourth-order valence-corrected chi connectivity index (χ4v) is 4.41. The Bertz CT molecular complexity index is 513. The van der Waals surface area contributed by atoms with E-state index in [9.17, 15) is 17.1 Å². The number of halogens is 1. The molecule has 3 fully saturated rings. The Morgan fingerprint density at radius 3 is 2.50 bits per heavy atom. The van der Waals surface area contributed by atoms with Crippen LogP contribution in [0.3, 0.4) is 0 Å². The van der Waals surface area contributed by atoms with E-state index in [1.54, 1.807) is 4.90 Å². The van der Waals surface area contributed by atoms with Gasteiger partial charge in [0.2, 0.25) is 5.91 Å². The van der Waals surface area contributed by atoms with E-state index < -0.39 is 15.5 Å². The number of nitrogens with zero attached hydrogens (tertiary/aromatic N) is 2. The van der Waals surface area contributed by atoms with Gasteiger partial charge in [0.05, 0.1) is 6.10 Å². The van der Waals surface area contributed by atoms with Gasteiger partial charge in [-0.1, -0.05) is 0 Å². The average molecular weight is 334 g/mol. The van der Waals surface area contributed by atoms with Crippen LogP contribution >= 0.6 is 0 Å². The Hall–Kier alpha value is -0.730. The highest BCUT2D eigenvalue weighted by atomic mass is 32.3. The van der Waals surface area contributed by atoms with Crippen molar-refractivity contribution < 1.29 is 21.8 Å². The van der Waals surface area contributed by atoms with E-state index in [4.69, 9.17) is 4.74 Å². The van der Waals surface area contributed by atoms with Crippen molar-refractivity contribution in [2.45, 2.75) is 49.5 Å². The number of rotatable bonds is 4. The minimum Gasteiger partial charge on any atom is -0.377 e. The second-order valence-corrected chi connectivity index (χ2v) is 8.13. The summed E-state index contributed by atoms with van der Waals surface area (Å²) in [6.45, 7) is 3.54. The zero-order chi connectivity index (χ0) is 15.7. The Morgan fingerprint density at radius 2 is 1.95 bits per heavy atom. The summed E-state index contributed by atoms with van der Waals surface area (Å²) in [4.78, 5) is 15.9. The van der Waals surface area contributed by atoms with Gasteiger partial charge in [-0.3, -0.25) is 4.79 Å². The third kappa shape index (κ3) is 3.60. The van der Waals surface area contributed by atoms with Crippen molar-refractivity contribution >= 4 is 16.1 Å². The average Bonchev–Trinajstić information content (AvgIpc) is 3.09. The molecule has 0 aromatic carbocycles. The number of hydrogen-bond donors (Lipinski definition) is 0. The van der Waals surface area contributed by atoms with Gasteiger partial charge in [0.25, 0.3) is 0 Å². The highest BCUT2D eigenvalue weighted by Gasteiger charge is 2.41. The second-order valence-electron chi connectivity index (χ2n) is 6.51. The van der Waals surface area contributed by atoms with Crippen LogP contribution in [0.15, 0.2) is 0 Å². The molecule has 8 heteroatoms. The molecule has 0 spiro atoms. The molecular weight excluding hydrogens is 311 g/mol. The van der Waals surface area contributed by atoms with Gasteiger partial charge in [-0.05, 0) is 25.7 Å². The summed E-state index contributed by atoms with van der Waals surface area (Å²) in [5, 5.41) is -1.18. The lowest BCUT2D eigenvalue weighted by Gasteiger charge is -2.37. The van der Waals surface area contributed by atoms with Crippen molar-refractivity contribution in [2.24, 2.45) is 0 Å². The van der Waals surface area contributed by atoms with Crippen LogP contribution in [-0.4, -0.2) is 74.3 Å². The minimum absolute atomic E-state index is 0.00801. The van der Waals surface area contributed by atoms with Crippen LogP contribution in [0, 0.1) is 0 Å². The molecule has 0 saturated carbocycles. The second kappa shape index (κ2) is 6.41. The molecule has 0 aliphatic carbocycles. The van der Waals surface area contributed by atoms with Crippen LogP contribution < -0.4 is 0 Å². The van der Waals surface area contributed by atoms with E-state index in [1.807, 2.05) is 0 Å². The van der Waals surface area contributed by atoms with Gasteiger partial charge in [-0.25, -0.2) is 0 Å². The summed E-state index contributed by atoms with van der Waals surface area (Å²) in [5.41, 5.74) is 0. The number of amides is 1. The van der Waals surface area contributed by atoms with Crippen molar-refractivity contribution in [3.05, 3.63) is 0 Å². The van der Waals surface area contributed by atoms with Crippen molar-refractivity contribution in [3.8, 4) is 0 Å². The first-order chi connectivity index (χ1) is 10.4. The number of ether oxygens (including phenoxy) is 1. The van der Waals surface area contributed by atoms with Crippen LogP contribution in [0.1, 0.15) is 32.1 Å². The topological polar surface area (TPSA) is 66.9 Å². The zero-order valence-corrected chi connectivity index (χ0v) is 13.4. The summed E-state index contributed by atoms with van der Waals surface area (Å²) in [5.74, 6) is -0.233. The lowest BCUT2D eigenvalue weighted by Crippen LogP contribution is -2.47. The predicted molar refractivity (Wildman–Crippen MR) is 78.6 cm³/mol. The molecular formula is C14H23FN2O4S. The first-order valence-electron chi connectivity index (χ1n) is 8.00. The van der Waals surface area contributed by atoms with E-state index in [1.165, 1.54) is 0 Å². The lowest BCUT2D eigenvalue weighted by atomic mass is 10.0. The predicted octanol–water partition coefficient (Wildman–Crippen LogP) is 0.530. The van der Waals surface area contributed by atoms with Crippen molar-refractivity contribution in [1.29, 1.82) is 0 Å². The Kier molecular flexibility index (Phi) is 4.70. The van der Waals surface area contributed by atoms with Gasteiger partial charge in [0, 0.05) is 45.2 Å². The van der Waals surface area contributed by atoms with Gasteiger partial charge < -0.3 is 14.5 Å². The first kappa shape index (κ1) is 16.1. The van der Waals surface area contributed by atoms with E-state index in [-0.39, 0.29) is 24.9 Å². The van der Waals surface area contributed by atoms with Crippen molar-refractivity contribution in [3.63, 3.8) is 0 Å². The molecule has 2 unspecified atom stereocenters. The van der Waals surface area contributed by atoms with Gasteiger partial charge >= 0.3 is 10.2 Å². The minimum atomic E-state index is -4.62.